The van der Waals surface area contributed by atoms with E-state index in [1.807, 2.05) is 0 Å². The zero-order valence-electron chi connectivity index (χ0n) is 10.6. The lowest BCUT2D eigenvalue weighted by molar-refractivity contribution is -0.387. The highest BCUT2D eigenvalue weighted by atomic mass is 32.2. The van der Waals surface area contributed by atoms with Crippen molar-refractivity contribution in [3.05, 3.63) is 34.1 Å². The summed E-state index contributed by atoms with van der Waals surface area (Å²) in [4.78, 5) is 19.7. The fourth-order valence-corrected chi connectivity index (χ4v) is 3.65. The Kier molecular flexibility index (Phi) is 3.92. The van der Waals surface area contributed by atoms with E-state index in [0.29, 0.717) is 6.07 Å². The number of sulfonamides is 1. The third-order valence-corrected chi connectivity index (χ3v) is 4.97. The number of carbonyl (C=O) groups is 1. The lowest BCUT2D eigenvalue weighted by Gasteiger charge is -2.37. The van der Waals surface area contributed by atoms with Crippen LogP contribution in [0.1, 0.15) is 6.42 Å². The van der Waals surface area contributed by atoms with Crippen molar-refractivity contribution in [2.75, 3.05) is 13.1 Å². The molecule has 0 amide bonds. The Bertz CT molecular complexity index is 699. The molecule has 8 nitrogen and oxygen atoms in total. The van der Waals surface area contributed by atoms with Crippen LogP contribution in [0.5, 0.6) is 0 Å². The van der Waals surface area contributed by atoms with Crippen molar-refractivity contribution in [3.8, 4) is 0 Å². The Balaban J connectivity index is 2.20. The second-order valence-electron chi connectivity index (χ2n) is 4.66. The molecule has 0 aromatic heterocycles. The number of aliphatic carboxylic acids is 1. The maximum Gasteiger partial charge on any atom is 0.306 e. The number of nitro groups is 1. The fraction of sp³-hybridized carbons (Fsp3) is 0.364. The van der Waals surface area contributed by atoms with Crippen LogP contribution in [-0.2, 0) is 14.8 Å². The summed E-state index contributed by atoms with van der Waals surface area (Å²) in [6.45, 7) is 0.0552. The summed E-state index contributed by atoms with van der Waals surface area (Å²) in [5.41, 5.74) is -0.918. The summed E-state index contributed by atoms with van der Waals surface area (Å²) in [5.74, 6) is -2.42. The molecule has 0 spiro atoms. The van der Waals surface area contributed by atoms with Gasteiger partial charge in [-0.2, -0.15) is 8.70 Å². The van der Waals surface area contributed by atoms with Crippen LogP contribution in [0, 0.1) is 21.8 Å². The number of hydrogen-bond acceptors (Lipinski definition) is 5. The molecule has 0 atom stereocenters. The number of halogens is 1. The molecular formula is C11H11FN2O6S. The highest BCUT2D eigenvalue weighted by Crippen LogP contribution is 2.29. The topological polar surface area (TPSA) is 118 Å². The van der Waals surface area contributed by atoms with Crippen molar-refractivity contribution in [3.63, 3.8) is 0 Å². The lowest BCUT2D eigenvalue weighted by atomic mass is 10.00. The molecule has 1 N–H and O–H groups in total. The molecule has 0 saturated carbocycles. The summed E-state index contributed by atoms with van der Waals surface area (Å²) in [7, 11) is -3.97. The number of hydrogen-bond donors (Lipinski definition) is 1. The van der Waals surface area contributed by atoms with Crippen LogP contribution < -0.4 is 0 Å². The van der Waals surface area contributed by atoms with Gasteiger partial charge >= 0.3 is 11.7 Å². The SMILES string of the molecule is O=C(O)CC1CN(S(=O)(=O)c2ccc(F)c([N+](=O)[O-])c2)C1. The molecule has 1 saturated heterocycles. The third kappa shape index (κ3) is 3.00. The van der Waals surface area contributed by atoms with Crippen molar-refractivity contribution in [2.45, 2.75) is 11.3 Å². The first-order valence-electron chi connectivity index (χ1n) is 5.87. The van der Waals surface area contributed by atoms with Gasteiger partial charge in [0.1, 0.15) is 0 Å². The number of carboxylic acid groups (broad SMARTS) is 1. The molecule has 0 aliphatic carbocycles. The Labute approximate surface area is 119 Å². The monoisotopic (exact) mass is 318 g/mol. The van der Waals surface area contributed by atoms with Crippen molar-refractivity contribution < 1.29 is 27.6 Å². The van der Waals surface area contributed by atoms with Gasteiger partial charge in [0.25, 0.3) is 0 Å². The summed E-state index contributed by atoms with van der Waals surface area (Å²) in [6, 6.07) is 2.33. The standard InChI is InChI=1S/C11H11FN2O6S/c12-9-2-1-8(4-10(9)14(17)18)21(19,20)13-5-7(6-13)3-11(15)16/h1-2,4,7H,3,5-6H2,(H,15,16). The Hall–Kier alpha value is -2.07. The van der Waals surface area contributed by atoms with E-state index in [4.69, 9.17) is 5.11 Å². The van der Waals surface area contributed by atoms with E-state index in [9.17, 15) is 27.7 Å². The molecule has 0 radical (unpaired) electrons. The van der Waals surface area contributed by atoms with E-state index >= 15 is 0 Å². The van der Waals surface area contributed by atoms with Crippen LogP contribution >= 0.6 is 0 Å². The van der Waals surface area contributed by atoms with Crippen molar-refractivity contribution in [1.82, 2.24) is 4.31 Å². The van der Waals surface area contributed by atoms with Crippen LogP contribution in [0.4, 0.5) is 10.1 Å². The van der Waals surface area contributed by atoms with Gasteiger partial charge in [-0.05, 0) is 18.1 Å². The predicted molar refractivity (Wildman–Crippen MR) is 67.6 cm³/mol. The molecule has 114 valence electrons. The highest BCUT2D eigenvalue weighted by Gasteiger charge is 2.38. The first kappa shape index (κ1) is 15.3. The highest BCUT2D eigenvalue weighted by molar-refractivity contribution is 7.89. The van der Waals surface area contributed by atoms with Crippen molar-refractivity contribution >= 4 is 21.7 Å². The van der Waals surface area contributed by atoms with Crippen molar-refractivity contribution in [2.24, 2.45) is 5.92 Å². The average Bonchev–Trinajstić information content (AvgIpc) is 2.32. The van der Waals surface area contributed by atoms with Crippen LogP contribution in [0.2, 0.25) is 0 Å². The number of nitrogens with zero attached hydrogens (tertiary/aromatic N) is 2. The van der Waals surface area contributed by atoms with Crippen LogP contribution in [0.3, 0.4) is 0 Å². The van der Waals surface area contributed by atoms with Gasteiger partial charge in [0.05, 0.1) is 16.2 Å². The van der Waals surface area contributed by atoms with Crippen molar-refractivity contribution in [1.29, 1.82) is 0 Å². The first-order valence-corrected chi connectivity index (χ1v) is 7.31. The average molecular weight is 318 g/mol. The maximum atomic E-state index is 13.2. The molecule has 21 heavy (non-hydrogen) atoms. The molecule has 0 bridgehead atoms. The lowest BCUT2D eigenvalue weighted by Crippen LogP contribution is -2.50. The molecule has 1 aromatic carbocycles. The van der Waals surface area contributed by atoms with E-state index in [-0.39, 0.29) is 30.3 Å². The van der Waals surface area contributed by atoms with Gasteiger partial charge in [-0.25, -0.2) is 8.42 Å². The minimum atomic E-state index is -3.97. The quantitative estimate of drug-likeness (QED) is 0.634. The Morgan fingerprint density at radius 1 is 1.48 bits per heavy atom. The number of carboxylic acids is 1. The van der Waals surface area contributed by atoms with Gasteiger partial charge in [0.2, 0.25) is 15.8 Å². The first-order chi connectivity index (χ1) is 9.71. The minimum Gasteiger partial charge on any atom is -0.481 e. The van der Waals surface area contributed by atoms with Gasteiger partial charge in [0.15, 0.2) is 0 Å². The molecule has 1 aromatic rings. The molecule has 1 fully saturated rings. The fourth-order valence-electron chi connectivity index (χ4n) is 2.04. The van der Waals surface area contributed by atoms with Gasteiger partial charge in [-0.1, -0.05) is 0 Å². The number of benzene rings is 1. The van der Waals surface area contributed by atoms with Gasteiger partial charge in [-0.15, -0.1) is 0 Å². The zero-order valence-corrected chi connectivity index (χ0v) is 11.4. The van der Waals surface area contributed by atoms with E-state index in [1.54, 1.807) is 0 Å². The van der Waals surface area contributed by atoms with Gasteiger partial charge in [0, 0.05) is 19.2 Å². The smallest absolute Gasteiger partial charge is 0.306 e. The van der Waals surface area contributed by atoms with E-state index in [2.05, 4.69) is 0 Å². The van der Waals surface area contributed by atoms with E-state index < -0.39 is 32.4 Å². The molecule has 1 aliphatic rings. The van der Waals surface area contributed by atoms with Crippen LogP contribution in [0.25, 0.3) is 0 Å². The van der Waals surface area contributed by atoms with E-state index in [1.165, 1.54) is 0 Å². The molecule has 10 heteroatoms. The molecular weight excluding hydrogens is 307 g/mol. The normalized spacial score (nSPS) is 16.4. The van der Waals surface area contributed by atoms with Gasteiger partial charge < -0.3 is 5.11 Å². The maximum absolute atomic E-state index is 13.2. The van der Waals surface area contributed by atoms with E-state index in [0.717, 1.165) is 16.4 Å². The van der Waals surface area contributed by atoms with Gasteiger partial charge in [-0.3, -0.25) is 14.9 Å². The molecule has 0 unspecified atom stereocenters. The Morgan fingerprint density at radius 3 is 2.62 bits per heavy atom. The molecule has 1 heterocycles. The summed E-state index contributed by atoms with van der Waals surface area (Å²) < 4.78 is 38.5. The summed E-state index contributed by atoms with van der Waals surface area (Å²) in [6.07, 6.45) is -0.143. The molecule has 1 aliphatic heterocycles. The third-order valence-electron chi connectivity index (χ3n) is 3.14. The van der Waals surface area contributed by atoms with Crippen LogP contribution in [-0.4, -0.2) is 41.8 Å². The summed E-state index contributed by atoms with van der Waals surface area (Å²) >= 11 is 0. The second-order valence-corrected chi connectivity index (χ2v) is 6.59. The van der Waals surface area contributed by atoms with Crippen LogP contribution in [0.15, 0.2) is 23.1 Å². The number of rotatable bonds is 5. The number of nitro benzene ring substituents is 1. The predicted octanol–water partition coefficient (Wildman–Crippen LogP) is 0.829. The second kappa shape index (κ2) is 5.37. The Morgan fingerprint density at radius 2 is 2.10 bits per heavy atom. The zero-order chi connectivity index (χ0) is 15.8. The minimum absolute atomic E-state index is 0.0276. The largest absolute Gasteiger partial charge is 0.481 e. The molecule has 2 rings (SSSR count). The summed E-state index contributed by atoms with van der Waals surface area (Å²) in [5, 5.41) is 19.2.